The van der Waals surface area contributed by atoms with Gasteiger partial charge < -0.3 is 0 Å². The lowest BCUT2D eigenvalue weighted by molar-refractivity contribution is -0.115. The standard InChI is InChI=1S/C14H11ClN2OS/c15-11-3-5-12(6-4-11)17-13(18)9-19-14(17)10-2-1-7-16-8-10/h1-8,14H,9H2/t14-/m1/s1. The molecule has 0 bridgehead atoms. The Labute approximate surface area is 120 Å². The number of halogens is 1. The van der Waals surface area contributed by atoms with Crippen LogP contribution in [-0.2, 0) is 4.79 Å². The summed E-state index contributed by atoms with van der Waals surface area (Å²) in [5.41, 5.74) is 1.90. The summed E-state index contributed by atoms with van der Waals surface area (Å²) in [7, 11) is 0. The molecule has 1 fully saturated rings. The van der Waals surface area contributed by atoms with E-state index in [9.17, 15) is 4.79 Å². The Bertz CT molecular complexity index is 588. The molecule has 3 nitrogen and oxygen atoms in total. The van der Waals surface area contributed by atoms with E-state index in [1.54, 1.807) is 41.2 Å². The van der Waals surface area contributed by atoms with Gasteiger partial charge in [-0.2, -0.15) is 0 Å². The number of carbonyl (C=O) groups is 1. The van der Waals surface area contributed by atoms with Crippen molar-refractivity contribution in [3.63, 3.8) is 0 Å². The van der Waals surface area contributed by atoms with E-state index in [2.05, 4.69) is 4.98 Å². The van der Waals surface area contributed by atoms with Gasteiger partial charge in [0.1, 0.15) is 5.37 Å². The quantitative estimate of drug-likeness (QED) is 0.848. The Balaban J connectivity index is 1.97. The van der Waals surface area contributed by atoms with Crippen molar-refractivity contribution in [3.05, 3.63) is 59.4 Å². The number of hydrogen-bond acceptors (Lipinski definition) is 3. The topological polar surface area (TPSA) is 33.2 Å². The van der Waals surface area contributed by atoms with Gasteiger partial charge in [-0.05, 0) is 30.3 Å². The van der Waals surface area contributed by atoms with Gasteiger partial charge >= 0.3 is 0 Å². The Morgan fingerprint density at radius 1 is 1.26 bits per heavy atom. The maximum Gasteiger partial charge on any atom is 0.238 e. The molecule has 0 N–H and O–H groups in total. The second kappa shape index (κ2) is 5.23. The smallest absolute Gasteiger partial charge is 0.238 e. The first-order valence-corrected chi connectivity index (χ1v) is 7.27. The molecule has 1 aliphatic heterocycles. The van der Waals surface area contributed by atoms with E-state index in [0.717, 1.165) is 11.3 Å². The largest absolute Gasteiger partial charge is 0.295 e. The minimum atomic E-state index is -0.0117. The van der Waals surface area contributed by atoms with Crippen LogP contribution in [0.1, 0.15) is 10.9 Å². The number of thioether (sulfide) groups is 1. The van der Waals surface area contributed by atoms with Crippen LogP contribution in [0, 0.1) is 0 Å². The normalized spacial score (nSPS) is 18.9. The van der Waals surface area contributed by atoms with Gasteiger partial charge in [-0.15, -0.1) is 11.8 Å². The molecular formula is C14H11ClN2OS. The monoisotopic (exact) mass is 290 g/mol. The molecule has 96 valence electrons. The SMILES string of the molecule is O=C1CS[C@H](c2cccnc2)N1c1ccc(Cl)cc1. The summed E-state index contributed by atoms with van der Waals surface area (Å²) in [6.45, 7) is 0. The zero-order valence-corrected chi connectivity index (χ0v) is 11.6. The van der Waals surface area contributed by atoms with E-state index in [4.69, 9.17) is 11.6 Å². The van der Waals surface area contributed by atoms with Gasteiger partial charge in [0.15, 0.2) is 0 Å². The van der Waals surface area contributed by atoms with Crippen LogP contribution >= 0.6 is 23.4 Å². The Kier molecular flexibility index (Phi) is 3.44. The molecular weight excluding hydrogens is 280 g/mol. The predicted octanol–water partition coefficient (Wildman–Crippen LogP) is 3.51. The number of aromatic nitrogens is 1. The van der Waals surface area contributed by atoms with Gasteiger partial charge in [0, 0.05) is 28.7 Å². The van der Waals surface area contributed by atoms with Gasteiger partial charge in [-0.3, -0.25) is 14.7 Å². The lowest BCUT2D eigenvalue weighted by Crippen LogP contribution is -2.27. The van der Waals surface area contributed by atoms with Crippen molar-refractivity contribution >= 4 is 35.0 Å². The highest BCUT2D eigenvalue weighted by atomic mass is 35.5. The predicted molar refractivity (Wildman–Crippen MR) is 78.4 cm³/mol. The molecule has 1 aromatic carbocycles. The Morgan fingerprint density at radius 3 is 2.74 bits per heavy atom. The van der Waals surface area contributed by atoms with Crippen molar-refractivity contribution in [2.24, 2.45) is 0 Å². The average molecular weight is 291 g/mol. The highest BCUT2D eigenvalue weighted by Crippen LogP contribution is 2.41. The van der Waals surface area contributed by atoms with Crippen molar-refractivity contribution in [2.75, 3.05) is 10.7 Å². The number of benzene rings is 1. The van der Waals surface area contributed by atoms with Crippen molar-refractivity contribution in [1.29, 1.82) is 0 Å². The zero-order valence-electron chi connectivity index (χ0n) is 9.99. The third-order valence-electron chi connectivity index (χ3n) is 2.94. The first kappa shape index (κ1) is 12.5. The Hall–Kier alpha value is -1.52. The summed E-state index contributed by atoms with van der Waals surface area (Å²) in [6, 6.07) is 11.2. The van der Waals surface area contributed by atoms with Gasteiger partial charge in [0.25, 0.3) is 0 Å². The van der Waals surface area contributed by atoms with Gasteiger partial charge in [0.2, 0.25) is 5.91 Å². The lowest BCUT2D eigenvalue weighted by atomic mass is 10.2. The molecule has 1 aliphatic rings. The first-order valence-electron chi connectivity index (χ1n) is 5.85. The molecule has 1 saturated heterocycles. The van der Waals surface area contributed by atoms with Crippen LogP contribution in [0.4, 0.5) is 5.69 Å². The summed E-state index contributed by atoms with van der Waals surface area (Å²) in [4.78, 5) is 18.0. The molecule has 0 aliphatic carbocycles. The van der Waals surface area contributed by atoms with Gasteiger partial charge in [-0.1, -0.05) is 17.7 Å². The molecule has 5 heteroatoms. The van der Waals surface area contributed by atoms with Crippen molar-refractivity contribution < 1.29 is 4.79 Å². The van der Waals surface area contributed by atoms with Crippen LogP contribution < -0.4 is 4.90 Å². The van der Waals surface area contributed by atoms with E-state index in [1.807, 2.05) is 24.3 Å². The fourth-order valence-electron chi connectivity index (χ4n) is 2.07. The first-order chi connectivity index (χ1) is 9.25. The van der Waals surface area contributed by atoms with Crippen LogP contribution in [0.15, 0.2) is 48.8 Å². The van der Waals surface area contributed by atoms with E-state index < -0.39 is 0 Å². The lowest BCUT2D eigenvalue weighted by Gasteiger charge is -2.24. The van der Waals surface area contributed by atoms with E-state index in [0.29, 0.717) is 10.8 Å². The van der Waals surface area contributed by atoms with Crippen LogP contribution in [0.25, 0.3) is 0 Å². The minimum absolute atomic E-state index is 0.0117. The molecule has 1 aromatic heterocycles. The average Bonchev–Trinajstić information content (AvgIpc) is 2.83. The molecule has 0 unspecified atom stereocenters. The number of carbonyl (C=O) groups excluding carboxylic acids is 1. The number of pyridine rings is 1. The van der Waals surface area contributed by atoms with Crippen molar-refractivity contribution in [2.45, 2.75) is 5.37 Å². The second-order valence-corrected chi connectivity index (χ2v) is 5.69. The molecule has 2 aromatic rings. The Morgan fingerprint density at radius 2 is 2.05 bits per heavy atom. The number of nitrogens with zero attached hydrogens (tertiary/aromatic N) is 2. The fourth-order valence-corrected chi connectivity index (χ4v) is 3.36. The highest BCUT2D eigenvalue weighted by molar-refractivity contribution is 8.00. The maximum atomic E-state index is 12.1. The number of hydrogen-bond donors (Lipinski definition) is 0. The molecule has 0 saturated carbocycles. The highest BCUT2D eigenvalue weighted by Gasteiger charge is 2.33. The summed E-state index contributed by atoms with van der Waals surface area (Å²) >= 11 is 7.50. The minimum Gasteiger partial charge on any atom is -0.295 e. The fraction of sp³-hybridized carbons (Fsp3) is 0.143. The molecule has 0 radical (unpaired) electrons. The summed E-state index contributed by atoms with van der Waals surface area (Å²) in [5, 5.41) is 0.656. The van der Waals surface area contributed by atoms with Gasteiger partial charge in [0.05, 0.1) is 5.75 Å². The summed E-state index contributed by atoms with van der Waals surface area (Å²) in [6.07, 6.45) is 3.54. The molecule has 0 spiro atoms. The number of anilines is 1. The third kappa shape index (κ3) is 2.46. The van der Waals surface area contributed by atoms with Crippen LogP contribution in [0.5, 0.6) is 0 Å². The number of rotatable bonds is 2. The summed E-state index contributed by atoms with van der Waals surface area (Å²) < 4.78 is 0. The molecule has 1 amide bonds. The van der Waals surface area contributed by atoms with E-state index in [1.165, 1.54) is 0 Å². The van der Waals surface area contributed by atoms with E-state index >= 15 is 0 Å². The number of amides is 1. The van der Waals surface area contributed by atoms with Crippen LogP contribution in [0.3, 0.4) is 0 Å². The summed E-state index contributed by atoms with van der Waals surface area (Å²) in [5.74, 6) is 0.600. The molecule has 1 atom stereocenters. The zero-order chi connectivity index (χ0) is 13.2. The molecule has 19 heavy (non-hydrogen) atoms. The van der Waals surface area contributed by atoms with Crippen molar-refractivity contribution in [3.8, 4) is 0 Å². The van der Waals surface area contributed by atoms with Gasteiger partial charge in [-0.25, -0.2) is 0 Å². The van der Waals surface area contributed by atoms with Crippen LogP contribution in [-0.4, -0.2) is 16.6 Å². The van der Waals surface area contributed by atoms with Crippen LogP contribution in [0.2, 0.25) is 5.02 Å². The van der Waals surface area contributed by atoms with E-state index in [-0.39, 0.29) is 11.3 Å². The second-order valence-electron chi connectivity index (χ2n) is 4.19. The third-order valence-corrected chi connectivity index (χ3v) is 4.41. The molecule has 3 rings (SSSR count). The van der Waals surface area contributed by atoms with Crippen molar-refractivity contribution in [1.82, 2.24) is 4.98 Å². The maximum absolute atomic E-state index is 12.1. The molecule has 2 heterocycles.